The summed E-state index contributed by atoms with van der Waals surface area (Å²) in [7, 11) is 0. The van der Waals surface area contributed by atoms with Crippen molar-refractivity contribution >= 4 is 29.9 Å². The monoisotopic (exact) mass is 555 g/mol. The van der Waals surface area contributed by atoms with Gasteiger partial charge in [0.1, 0.15) is 0 Å². The standard InChI is InChI=1S/C24H37N5O2.HI/c1-6-25-24(27-13-22-11-23(17(2)3)28-31-22)26-12-20-9-7-8-10-21(20)16-29-14-18(4)30-19(5)15-29;/h7-11,17-19H,6,12-16H2,1-5H3,(H2,25,26,27);1H. The Morgan fingerprint density at radius 2 is 1.84 bits per heavy atom. The van der Waals surface area contributed by atoms with Crippen molar-refractivity contribution in [2.75, 3.05) is 19.6 Å². The number of morpholine rings is 1. The summed E-state index contributed by atoms with van der Waals surface area (Å²) in [5, 5.41) is 10.8. The third-order valence-electron chi connectivity index (χ3n) is 5.36. The van der Waals surface area contributed by atoms with Crippen LogP contribution < -0.4 is 10.6 Å². The van der Waals surface area contributed by atoms with Gasteiger partial charge in [0.2, 0.25) is 0 Å². The molecule has 7 nitrogen and oxygen atoms in total. The van der Waals surface area contributed by atoms with Gasteiger partial charge in [-0.3, -0.25) is 4.90 Å². The third-order valence-corrected chi connectivity index (χ3v) is 5.36. The van der Waals surface area contributed by atoms with E-state index in [-0.39, 0.29) is 36.2 Å². The van der Waals surface area contributed by atoms with Crippen molar-refractivity contribution in [1.29, 1.82) is 0 Å². The van der Waals surface area contributed by atoms with Gasteiger partial charge in [-0.25, -0.2) is 4.99 Å². The van der Waals surface area contributed by atoms with Gasteiger partial charge in [0.25, 0.3) is 0 Å². The van der Waals surface area contributed by atoms with E-state index in [0.717, 1.165) is 43.6 Å². The largest absolute Gasteiger partial charge is 0.373 e. The van der Waals surface area contributed by atoms with E-state index in [2.05, 4.69) is 79.6 Å². The maximum absolute atomic E-state index is 5.88. The van der Waals surface area contributed by atoms with Crippen LogP contribution in [0.2, 0.25) is 0 Å². The maximum Gasteiger partial charge on any atom is 0.191 e. The Labute approximate surface area is 209 Å². The topological polar surface area (TPSA) is 74.9 Å². The molecule has 3 rings (SSSR count). The molecule has 0 aliphatic carbocycles. The fourth-order valence-corrected chi connectivity index (χ4v) is 3.88. The second-order valence-electron chi connectivity index (χ2n) is 8.64. The molecule has 1 aliphatic heterocycles. The summed E-state index contributed by atoms with van der Waals surface area (Å²) >= 11 is 0. The van der Waals surface area contributed by atoms with E-state index in [1.54, 1.807) is 0 Å². The summed E-state index contributed by atoms with van der Waals surface area (Å²) in [5.41, 5.74) is 3.54. The number of hydrogen-bond acceptors (Lipinski definition) is 5. The van der Waals surface area contributed by atoms with E-state index >= 15 is 0 Å². The SMILES string of the molecule is CCNC(=NCc1ccccc1CN1CC(C)OC(C)C1)NCc1cc(C(C)C)no1.I. The lowest BCUT2D eigenvalue weighted by Crippen LogP contribution is -2.44. The number of ether oxygens (including phenoxy) is 1. The Morgan fingerprint density at radius 1 is 1.16 bits per heavy atom. The Balaban J connectivity index is 0.00000363. The minimum atomic E-state index is 0. The molecule has 0 radical (unpaired) electrons. The van der Waals surface area contributed by atoms with Gasteiger partial charge in [0, 0.05) is 32.2 Å². The minimum Gasteiger partial charge on any atom is -0.373 e. The van der Waals surface area contributed by atoms with Crippen LogP contribution in [0.3, 0.4) is 0 Å². The highest BCUT2D eigenvalue weighted by Crippen LogP contribution is 2.18. The van der Waals surface area contributed by atoms with Crippen molar-refractivity contribution in [3.8, 4) is 0 Å². The van der Waals surface area contributed by atoms with Crippen molar-refractivity contribution in [2.24, 2.45) is 4.99 Å². The van der Waals surface area contributed by atoms with Gasteiger partial charge in [0.05, 0.1) is 31.0 Å². The van der Waals surface area contributed by atoms with Gasteiger partial charge in [-0.15, -0.1) is 24.0 Å². The first-order valence-electron chi connectivity index (χ1n) is 11.4. The molecule has 0 saturated carbocycles. The number of hydrogen-bond donors (Lipinski definition) is 2. The number of aromatic nitrogens is 1. The Morgan fingerprint density at radius 3 is 2.47 bits per heavy atom. The third kappa shape index (κ3) is 8.04. The van der Waals surface area contributed by atoms with E-state index in [0.29, 0.717) is 19.0 Å². The number of benzene rings is 1. The number of halogens is 1. The van der Waals surface area contributed by atoms with Gasteiger partial charge in [-0.05, 0) is 37.8 Å². The smallest absolute Gasteiger partial charge is 0.191 e. The average Bonchev–Trinajstić information content (AvgIpc) is 3.20. The van der Waals surface area contributed by atoms with Crippen molar-refractivity contribution in [3.63, 3.8) is 0 Å². The molecule has 1 aliphatic rings. The lowest BCUT2D eigenvalue weighted by molar-refractivity contribution is -0.0705. The van der Waals surface area contributed by atoms with Crippen LogP contribution in [0.15, 0.2) is 39.8 Å². The minimum absolute atomic E-state index is 0. The molecule has 0 amide bonds. The van der Waals surface area contributed by atoms with Gasteiger partial charge >= 0.3 is 0 Å². The predicted molar refractivity (Wildman–Crippen MR) is 139 cm³/mol. The number of rotatable bonds is 8. The van der Waals surface area contributed by atoms with Crippen LogP contribution in [0.4, 0.5) is 0 Å². The van der Waals surface area contributed by atoms with Crippen LogP contribution in [0.1, 0.15) is 63.1 Å². The van der Waals surface area contributed by atoms with Crippen LogP contribution in [0.25, 0.3) is 0 Å². The molecular formula is C24H38IN5O2. The summed E-state index contributed by atoms with van der Waals surface area (Å²) in [6.07, 6.45) is 0.539. The zero-order chi connectivity index (χ0) is 22.2. The molecule has 2 heterocycles. The fourth-order valence-electron chi connectivity index (χ4n) is 3.88. The molecule has 2 aromatic rings. The number of guanidine groups is 1. The maximum atomic E-state index is 5.88. The summed E-state index contributed by atoms with van der Waals surface area (Å²) < 4.78 is 11.3. The lowest BCUT2D eigenvalue weighted by Gasteiger charge is -2.35. The highest BCUT2D eigenvalue weighted by atomic mass is 127. The summed E-state index contributed by atoms with van der Waals surface area (Å²) in [5.74, 6) is 1.94. The molecule has 1 aromatic heterocycles. The van der Waals surface area contributed by atoms with Crippen molar-refractivity contribution in [3.05, 3.63) is 52.9 Å². The Bertz CT molecular complexity index is 844. The molecule has 1 aromatic carbocycles. The zero-order valence-corrected chi connectivity index (χ0v) is 22.3. The molecule has 1 saturated heterocycles. The molecule has 0 spiro atoms. The van der Waals surface area contributed by atoms with Crippen molar-refractivity contribution < 1.29 is 9.26 Å². The van der Waals surface area contributed by atoms with E-state index < -0.39 is 0 Å². The average molecular weight is 556 g/mol. The highest BCUT2D eigenvalue weighted by molar-refractivity contribution is 14.0. The van der Waals surface area contributed by atoms with Crippen molar-refractivity contribution in [2.45, 2.75) is 72.4 Å². The molecule has 32 heavy (non-hydrogen) atoms. The second kappa shape index (κ2) is 13.2. The fraction of sp³-hybridized carbons (Fsp3) is 0.583. The predicted octanol–water partition coefficient (Wildman–Crippen LogP) is 4.28. The molecule has 1 fully saturated rings. The molecule has 2 atom stereocenters. The number of nitrogens with zero attached hydrogens (tertiary/aromatic N) is 3. The van der Waals surface area contributed by atoms with E-state index in [1.807, 2.05) is 6.07 Å². The van der Waals surface area contributed by atoms with Crippen LogP contribution in [0.5, 0.6) is 0 Å². The molecule has 2 N–H and O–H groups in total. The summed E-state index contributed by atoms with van der Waals surface area (Å²) in [6.45, 7) is 15.4. The van der Waals surface area contributed by atoms with Gasteiger partial charge in [-0.2, -0.15) is 0 Å². The lowest BCUT2D eigenvalue weighted by atomic mass is 10.1. The molecule has 0 bridgehead atoms. The number of aliphatic imine (C=N–C) groups is 1. The molecular weight excluding hydrogens is 517 g/mol. The van der Waals surface area contributed by atoms with Crippen LogP contribution >= 0.6 is 24.0 Å². The van der Waals surface area contributed by atoms with E-state index in [4.69, 9.17) is 14.3 Å². The highest BCUT2D eigenvalue weighted by Gasteiger charge is 2.22. The van der Waals surface area contributed by atoms with Gasteiger partial charge in [0.15, 0.2) is 11.7 Å². The second-order valence-corrected chi connectivity index (χ2v) is 8.64. The van der Waals surface area contributed by atoms with Crippen molar-refractivity contribution in [1.82, 2.24) is 20.7 Å². The number of nitrogens with one attached hydrogen (secondary N) is 2. The van der Waals surface area contributed by atoms with Crippen LogP contribution in [-0.2, 0) is 24.4 Å². The molecule has 2 unspecified atom stereocenters. The zero-order valence-electron chi connectivity index (χ0n) is 19.9. The first-order valence-corrected chi connectivity index (χ1v) is 11.4. The van der Waals surface area contributed by atoms with Gasteiger partial charge in [-0.1, -0.05) is 43.3 Å². The molecule has 178 valence electrons. The van der Waals surface area contributed by atoms with E-state index in [9.17, 15) is 0 Å². The first kappa shape index (κ1) is 26.6. The van der Waals surface area contributed by atoms with Crippen LogP contribution in [0, 0.1) is 0 Å². The first-order chi connectivity index (χ1) is 14.9. The van der Waals surface area contributed by atoms with Crippen LogP contribution in [-0.4, -0.2) is 47.9 Å². The molecule has 8 heteroatoms. The quantitative estimate of drug-likeness (QED) is 0.288. The normalized spacial score (nSPS) is 19.6. The Hall–Kier alpha value is -1.65. The summed E-state index contributed by atoms with van der Waals surface area (Å²) in [6, 6.07) is 10.6. The van der Waals surface area contributed by atoms with Gasteiger partial charge < -0.3 is 19.9 Å². The van der Waals surface area contributed by atoms with E-state index in [1.165, 1.54) is 11.1 Å². The summed E-state index contributed by atoms with van der Waals surface area (Å²) in [4.78, 5) is 7.29. The Kier molecular flexibility index (Phi) is 10.9.